The Bertz CT molecular complexity index is 746. The summed E-state index contributed by atoms with van der Waals surface area (Å²) in [5.41, 5.74) is 0.564. The Morgan fingerprint density at radius 1 is 1.04 bits per heavy atom. The minimum absolute atomic E-state index is 0.136. The highest BCUT2D eigenvalue weighted by Gasteiger charge is 2.12. The van der Waals surface area contributed by atoms with Crippen LogP contribution in [-0.2, 0) is 10.0 Å². The molecule has 0 saturated carbocycles. The van der Waals surface area contributed by atoms with Gasteiger partial charge in [0.05, 0.1) is 18.7 Å². The van der Waals surface area contributed by atoms with Crippen LogP contribution in [0.3, 0.4) is 0 Å². The second-order valence-corrected chi connectivity index (χ2v) is 6.26. The molecule has 2 aromatic rings. The third kappa shape index (κ3) is 4.97. The largest absolute Gasteiger partial charge is 0.497 e. The number of amides is 2. The maximum absolute atomic E-state index is 11.9. The lowest BCUT2D eigenvalue weighted by molar-refractivity contribution is 0.252. The summed E-state index contributed by atoms with van der Waals surface area (Å²) in [5.74, 6) is 0.673. The molecule has 7 nitrogen and oxygen atoms in total. The molecular weight excluding hydrogens is 318 g/mol. The van der Waals surface area contributed by atoms with Crippen LogP contribution < -0.4 is 20.1 Å². The quantitative estimate of drug-likeness (QED) is 0.701. The Kier molecular flexibility index (Phi) is 5.56. The van der Waals surface area contributed by atoms with Crippen molar-refractivity contribution in [3.63, 3.8) is 0 Å². The zero-order valence-electron chi connectivity index (χ0n) is 12.4. The van der Waals surface area contributed by atoms with Gasteiger partial charge in [-0.25, -0.2) is 13.2 Å². The topological polar surface area (TPSA) is 96.5 Å². The molecule has 0 spiro atoms. The van der Waals surface area contributed by atoms with E-state index in [1.54, 1.807) is 49.6 Å². The number of hydrogen-bond acceptors (Lipinski definition) is 4. The molecule has 122 valence electrons. The van der Waals surface area contributed by atoms with Gasteiger partial charge >= 0.3 is 6.03 Å². The minimum atomic E-state index is -3.65. The molecule has 0 fully saturated rings. The van der Waals surface area contributed by atoms with Crippen LogP contribution in [0.25, 0.3) is 0 Å². The van der Waals surface area contributed by atoms with Gasteiger partial charge < -0.3 is 15.4 Å². The Labute approximate surface area is 134 Å². The summed E-state index contributed by atoms with van der Waals surface area (Å²) < 4.78 is 31.2. The van der Waals surface area contributed by atoms with Crippen LogP contribution in [-0.4, -0.2) is 28.2 Å². The number of ether oxygens (including phenoxy) is 1. The Morgan fingerprint density at radius 2 is 1.70 bits per heavy atom. The van der Waals surface area contributed by atoms with Gasteiger partial charge in [0.25, 0.3) is 0 Å². The van der Waals surface area contributed by atoms with Crippen LogP contribution in [0.2, 0.25) is 0 Å². The Balaban J connectivity index is 1.82. The van der Waals surface area contributed by atoms with Crippen LogP contribution in [0.4, 0.5) is 10.5 Å². The third-order valence-corrected chi connectivity index (χ3v) is 4.33. The zero-order valence-corrected chi connectivity index (χ0v) is 13.3. The number of urea groups is 1. The van der Waals surface area contributed by atoms with E-state index in [0.717, 1.165) is 0 Å². The Morgan fingerprint density at radius 3 is 2.30 bits per heavy atom. The summed E-state index contributed by atoms with van der Waals surface area (Å²) in [7, 11) is -2.10. The average molecular weight is 335 g/mol. The normalized spacial score (nSPS) is 10.8. The SMILES string of the molecule is COc1ccc(NC(=O)NCNS(=O)(=O)c2ccccc2)cc1. The molecular formula is C15H17N3O4S. The lowest BCUT2D eigenvalue weighted by atomic mass is 10.3. The molecule has 3 N–H and O–H groups in total. The molecule has 0 aliphatic heterocycles. The molecule has 0 bridgehead atoms. The lowest BCUT2D eigenvalue weighted by Gasteiger charge is -2.10. The van der Waals surface area contributed by atoms with Crippen molar-refractivity contribution in [1.29, 1.82) is 0 Å². The number of anilines is 1. The van der Waals surface area contributed by atoms with E-state index in [1.165, 1.54) is 12.1 Å². The zero-order chi connectivity index (χ0) is 16.7. The van der Waals surface area contributed by atoms with E-state index < -0.39 is 16.1 Å². The number of methoxy groups -OCH3 is 1. The van der Waals surface area contributed by atoms with Gasteiger partial charge in [0.1, 0.15) is 5.75 Å². The predicted octanol–water partition coefficient (Wildman–Crippen LogP) is 1.75. The number of carbonyl (C=O) groups is 1. The van der Waals surface area contributed by atoms with E-state index >= 15 is 0 Å². The number of hydrogen-bond donors (Lipinski definition) is 3. The van der Waals surface area contributed by atoms with E-state index in [4.69, 9.17) is 4.74 Å². The van der Waals surface area contributed by atoms with Crippen molar-refractivity contribution in [3.8, 4) is 5.75 Å². The molecule has 0 aliphatic rings. The maximum Gasteiger partial charge on any atom is 0.320 e. The first kappa shape index (κ1) is 16.8. The van der Waals surface area contributed by atoms with Gasteiger partial charge in [-0.2, -0.15) is 4.72 Å². The van der Waals surface area contributed by atoms with Crippen LogP contribution >= 0.6 is 0 Å². The molecule has 0 heterocycles. The minimum Gasteiger partial charge on any atom is -0.497 e. The maximum atomic E-state index is 11.9. The second kappa shape index (κ2) is 7.61. The lowest BCUT2D eigenvalue weighted by Crippen LogP contribution is -2.39. The first-order valence-corrected chi connectivity index (χ1v) is 8.23. The molecule has 0 atom stereocenters. The molecule has 0 saturated heterocycles. The van der Waals surface area contributed by atoms with Crippen molar-refractivity contribution in [2.24, 2.45) is 0 Å². The summed E-state index contributed by atoms with van der Waals surface area (Å²) in [6, 6.07) is 14.1. The molecule has 23 heavy (non-hydrogen) atoms. The van der Waals surface area contributed by atoms with Gasteiger partial charge in [-0.1, -0.05) is 18.2 Å². The Hall–Kier alpha value is -2.58. The van der Waals surface area contributed by atoms with E-state index in [1.807, 2.05) is 0 Å². The monoisotopic (exact) mass is 335 g/mol. The van der Waals surface area contributed by atoms with Crippen LogP contribution in [0.15, 0.2) is 59.5 Å². The summed E-state index contributed by atoms with van der Waals surface area (Å²) in [5, 5.41) is 4.99. The van der Waals surface area contributed by atoms with E-state index in [2.05, 4.69) is 15.4 Å². The smallest absolute Gasteiger partial charge is 0.320 e. The molecule has 0 radical (unpaired) electrons. The van der Waals surface area contributed by atoms with E-state index in [-0.39, 0.29) is 11.6 Å². The molecule has 2 amide bonds. The number of carbonyl (C=O) groups excluding carboxylic acids is 1. The molecule has 2 aromatic carbocycles. The summed E-state index contributed by atoms with van der Waals surface area (Å²) >= 11 is 0. The molecule has 0 unspecified atom stereocenters. The van der Waals surface area contributed by atoms with Crippen molar-refractivity contribution >= 4 is 21.7 Å². The van der Waals surface area contributed by atoms with Crippen molar-refractivity contribution in [2.45, 2.75) is 4.90 Å². The number of sulfonamides is 1. The van der Waals surface area contributed by atoms with Gasteiger partial charge in [-0.15, -0.1) is 0 Å². The van der Waals surface area contributed by atoms with Crippen LogP contribution in [0, 0.1) is 0 Å². The number of benzene rings is 2. The number of rotatable bonds is 6. The van der Waals surface area contributed by atoms with Crippen molar-refractivity contribution in [1.82, 2.24) is 10.0 Å². The highest BCUT2D eigenvalue weighted by molar-refractivity contribution is 7.89. The molecule has 0 aromatic heterocycles. The fourth-order valence-corrected chi connectivity index (χ4v) is 2.69. The summed E-state index contributed by atoms with van der Waals surface area (Å²) in [6.07, 6.45) is 0. The summed E-state index contributed by atoms with van der Waals surface area (Å²) in [6.45, 7) is -0.223. The van der Waals surface area contributed by atoms with Gasteiger partial charge in [-0.3, -0.25) is 0 Å². The molecule has 8 heteroatoms. The average Bonchev–Trinajstić information content (AvgIpc) is 2.56. The number of nitrogens with one attached hydrogen (secondary N) is 3. The second-order valence-electron chi connectivity index (χ2n) is 4.50. The van der Waals surface area contributed by atoms with Gasteiger partial charge in [0, 0.05) is 5.69 Å². The van der Waals surface area contributed by atoms with Gasteiger partial charge in [0.2, 0.25) is 10.0 Å². The van der Waals surface area contributed by atoms with E-state index in [0.29, 0.717) is 11.4 Å². The van der Waals surface area contributed by atoms with Crippen molar-refractivity contribution < 1.29 is 17.9 Å². The predicted molar refractivity (Wildman–Crippen MR) is 86.8 cm³/mol. The highest BCUT2D eigenvalue weighted by Crippen LogP contribution is 2.14. The fourth-order valence-electron chi connectivity index (χ4n) is 1.74. The first-order valence-electron chi connectivity index (χ1n) is 6.75. The van der Waals surface area contributed by atoms with E-state index in [9.17, 15) is 13.2 Å². The standard InChI is InChI=1S/C15H17N3O4S/c1-22-13-9-7-12(8-10-13)18-15(19)16-11-17-23(20,21)14-5-3-2-4-6-14/h2-10,17H,11H2,1H3,(H2,16,18,19). The van der Waals surface area contributed by atoms with Gasteiger partial charge in [-0.05, 0) is 36.4 Å². The van der Waals surface area contributed by atoms with Crippen LogP contribution in [0.5, 0.6) is 5.75 Å². The third-order valence-electron chi connectivity index (χ3n) is 2.91. The fraction of sp³-hybridized carbons (Fsp3) is 0.133. The van der Waals surface area contributed by atoms with Crippen molar-refractivity contribution in [2.75, 3.05) is 19.1 Å². The van der Waals surface area contributed by atoms with Crippen molar-refractivity contribution in [3.05, 3.63) is 54.6 Å². The first-order chi connectivity index (χ1) is 11.0. The molecule has 0 aliphatic carbocycles. The highest BCUT2D eigenvalue weighted by atomic mass is 32.2. The van der Waals surface area contributed by atoms with Gasteiger partial charge in [0.15, 0.2) is 0 Å². The summed E-state index contributed by atoms with van der Waals surface area (Å²) in [4.78, 5) is 11.8. The molecule has 2 rings (SSSR count). The van der Waals surface area contributed by atoms with Crippen LogP contribution in [0.1, 0.15) is 0 Å².